The molecule has 0 aromatic heterocycles. The lowest BCUT2D eigenvalue weighted by Crippen LogP contribution is -2.36. The average molecular weight is 233 g/mol. The van der Waals surface area contributed by atoms with E-state index in [0.29, 0.717) is 5.92 Å². The fraction of sp³-hybridized carbons (Fsp3) is 0.600. The number of hydrogen-bond acceptors (Lipinski definition) is 2. The van der Waals surface area contributed by atoms with Gasteiger partial charge in [0.15, 0.2) is 0 Å². The number of aliphatic hydroxyl groups is 1. The summed E-state index contributed by atoms with van der Waals surface area (Å²) in [6.07, 6.45) is 5.37. The van der Waals surface area contributed by atoms with Crippen LogP contribution in [0.2, 0.25) is 0 Å². The Morgan fingerprint density at radius 2 is 2.12 bits per heavy atom. The molecule has 1 aromatic carbocycles. The van der Waals surface area contributed by atoms with Crippen LogP contribution in [0.1, 0.15) is 31.2 Å². The van der Waals surface area contributed by atoms with Crippen molar-refractivity contribution in [1.82, 2.24) is 5.32 Å². The van der Waals surface area contributed by atoms with Gasteiger partial charge in [0, 0.05) is 6.54 Å². The monoisotopic (exact) mass is 233 g/mol. The predicted octanol–water partition coefficient (Wildman–Crippen LogP) is 2.37. The van der Waals surface area contributed by atoms with Gasteiger partial charge >= 0.3 is 0 Å². The molecule has 1 aliphatic rings. The van der Waals surface area contributed by atoms with E-state index in [4.69, 9.17) is 0 Å². The zero-order chi connectivity index (χ0) is 11.9. The molecule has 1 aromatic rings. The van der Waals surface area contributed by atoms with E-state index in [9.17, 15) is 5.11 Å². The van der Waals surface area contributed by atoms with Gasteiger partial charge in [-0.05, 0) is 50.1 Å². The van der Waals surface area contributed by atoms with Crippen LogP contribution >= 0.6 is 0 Å². The molecule has 2 unspecified atom stereocenters. The first-order valence-corrected chi connectivity index (χ1v) is 6.79. The van der Waals surface area contributed by atoms with E-state index >= 15 is 0 Å². The van der Waals surface area contributed by atoms with Gasteiger partial charge < -0.3 is 10.4 Å². The van der Waals surface area contributed by atoms with Crippen LogP contribution in [-0.2, 0) is 6.42 Å². The van der Waals surface area contributed by atoms with Gasteiger partial charge in [-0.3, -0.25) is 0 Å². The molecule has 0 saturated carbocycles. The van der Waals surface area contributed by atoms with E-state index in [2.05, 4.69) is 29.6 Å². The van der Waals surface area contributed by atoms with E-state index in [1.807, 2.05) is 6.07 Å². The normalized spacial score (nSPS) is 22.3. The van der Waals surface area contributed by atoms with Crippen LogP contribution in [-0.4, -0.2) is 24.3 Å². The fourth-order valence-electron chi connectivity index (χ4n) is 2.60. The Balaban J connectivity index is 1.67. The summed E-state index contributed by atoms with van der Waals surface area (Å²) in [4.78, 5) is 0. The van der Waals surface area contributed by atoms with Crippen molar-refractivity contribution in [1.29, 1.82) is 0 Å². The molecule has 1 fully saturated rings. The van der Waals surface area contributed by atoms with Crippen molar-refractivity contribution >= 4 is 0 Å². The van der Waals surface area contributed by atoms with E-state index < -0.39 is 0 Å². The third kappa shape index (κ3) is 4.14. The molecule has 17 heavy (non-hydrogen) atoms. The largest absolute Gasteiger partial charge is 0.393 e. The minimum Gasteiger partial charge on any atom is -0.393 e. The second-order valence-corrected chi connectivity index (χ2v) is 5.05. The molecule has 2 N–H and O–H groups in total. The molecule has 0 radical (unpaired) electrons. The minimum absolute atomic E-state index is 0.119. The van der Waals surface area contributed by atoms with Crippen LogP contribution in [0.5, 0.6) is 0 Å². The summed E-state index contributed by atoms with van der Waals surface area (Å²) >= 11 is 0. The first-order chi connectivity index (χ1) is 8.36. The molecule has 1 saturated heterocycles. The minimum atomic E-state index is -0.119. The molecule has 0 amide bonds. The molecule has 2 heteroatoms. The number of rotatable bonds is 5. The Morgan fingerprint density at radius 3 is 2.82 bits per heavy atom. The Kier molecular flexibility index (Phi) is 5.02. The SMILES string of the molecule is OC(CCCc1ccccc1)C1CCCNC1. The third-order valence-electron chi connectivity index (χ3n) is 3.69. The first kappa shape index (κ1) is 12.6. The van der Waals surface area contributed by atoms with Gasteiger partial charge in [-0.2, -0.15) is 0 Å². The maximum atomic E-state index is 10.1. The second kappa shape index (κ2) is 6.77. The molecule has 0 spiro atoms. The Morgan fingerprint density at radius 1 is 1.29 bits per heavy atom. The van der Waals surface area contributed by atoms with Gasteiger partial charge in [-0.25, -0.2) is 0 Å². The van der Waals surface area contributed by atoms with Crippen molar-refractivity contribution in [3.8, 4) is 0 Å². The highest BCUT2D eigenvalue weighted by molar-refractivity contribution is 5.14. The predicted molar refractivity (Wildman–Crippen MR) is 71.0 cm³/mol. The highest BCUT2D eigenvalue weighted by atomic mass is 16.3. The van der Waals surface area contributed by atoms with Gasteiger partial charge in [0.25, 0.3) is 0 Å². The van der Waals surface area contributed by atoms with Gasteiger partial charge in [-0.1, -0.05) is 30.3 Å². The van der Waals surface area contributed by atoms with Crippen molar-refractivity contribution in [2.24, 2.45) is 5.92 Å². The summed E-state index contributed by atoms with van der Waals surface area (Å²) in [5, 5.41) is 13.5. The molecule has 94 valence electrons. The number of benzene rings is 1. The summed E-state index contributed by atoms with van der Waals surface area (Å²) in [6, 6.07) is 10.5. The Bertz CT molecular complexity index is 306. The number of aliphatic hydroxyl groups excluding tert-OH is 1. The smallest absolute Gasteiger partial charge is 0.0580 e. The van der Waals surface area contributed by atoms with E-state index in [0.717, 1.165) is 32.4 Å². The number of hydrogen-bond donors (Lipinski definition) is 2. The lowest BCUT2D eigenvalue weighted by Gasteiger charge is -2.27. The zero-order valence-electron chi connectivity index (χ0n) is 10.4. The summed E-state index contributed by atoms with van der Waals surface area (Å²) in [5.41, 5.74) is 1.38. The highest BCUT2D eigenvalue weighted by Gasteiger charge is 2.20. The van der Waals surface area contributed by atoms with Crippen molar-refractivity contribution < 1.29 is 5.11 Å². The number of nitrogens with one attached hydrogen (secondary N) is 1. The molecule has 1 aliphatic heterocycles. The van der Waals surface area contributed by atoms with Crippen LogP contribution in [0, 0.1) is 5.92 Å². The van der Waals surface area contributed by atoms with Crippen molar-refractivity contribution in [3.05, 3.63) is 35.9 Å². The Hall–Kier alpha value is -0.860. The number of piperidine rings is 1. The van der Waals surface area contributed by atoms with Crippen molar-refractivity contribution in [2.75, 3.05) is 13.1 Å². The highest BCUT2D eigenvalue weighted by Crippen LogP contribution is 2.18. The molecular weight excluding hydrogens is 210 g/mol. The lowest BCUT2D eigenvalue weighted by molar-refractivity contribution is 0.0823. The third-order valence-corrected chi connectivity index (χ3v) is 3.69. The Labute approximate surface area is 104 Å². The molecule has 0 aliphatic carbocycles. The summed E-state index contributed by atoms with van der Waals surface area (Å²) in [5.74, 6) is 0.472. The van der Waals surface area contributed by atoms with E-state index in [1.54, 1.807) is 0 Å². The molecule has 0 bridgehead atoms. The average Bonchev–Trinajstić information content (AvgIpc) is 2.41. The molecular formula is C15H23NO. The topological polar surface area (TPSA) is 32.3 Å². The van der Waals surface area contributed by atoms with E-state index in [-0.39, 0.29) is 6.10 Å². The second-order valence-electron chi connectivity index (χ2n) is 5.05. The van der Waals surface area contributed by atoms with E-state index in [1.165, 1.54) is 18.4 Å². The van der Waals surface area contributed by atoms with Gasteiger partial charge in [0.05, 0.1) is 6.10 Å². The van der Waals surface area contributed by atoms with Crippen LogP contribution in [0.3, 0.4) is 0 Å². The van der Waals surface area contributed by atoms with Crippen LogP contribution in [0.4, 0.5) is 0 Å². The molecule has 2 nitrogen and oxygen atoms in total. The first-order valence-electron chi connectivity index (χ1n) is 6.79. The van der Waals surface area contributed by atoms with Gasteiger partial charge in [-0.15, -0.1) is 0 Å². The quantitative estimate of drug-likeness (QED) is 0.818. The maximum Gasteiger partial charge on any atom is 0.0580 e. The zero-order valence-corrected chi connectivity index (χ0v) is 10.4. The van der Waals surface area contributed by atoms with Crippen molar-refractivity contribution in [3.63, 3.8) is 0 Å². The summed E-state index contributed by atoms with van der Waals surface area (Å²) in [7, 11) is 0. The number of aryl methyl sites for hydroxylation is 1. The molecule has 2 atom stereocenters. The summed E-state index contributed by atoms with van der Waals surface area (Å²) in [6.45, 7) is 2.11. The fourth-order valence-corrected chi connectivity index (χ4v) is 2.60. The van der Waals surface area contributed by atoms with Crippen LogP contribution in [0.15, 0.2) is 30.3 Å². The van der Waals surface area contributed by atoms with Crippen LogP contribution < -0.4 is 5.32 Å². The van der Waals surface area contributed by atoms with Crippen molar-refractivity contribution in [2.45, 2.75) is 38.2 Å². The maximum absolute atomic E-state index is 10.1. The molecule has 2 rings (SSSR count). The van der Waals surface area contributed by atoms with Crippen LogP contribution in [0.25, 0.3) is 0 Å². The standard InChI is InChI=1S/C15H23NO/c17-15(14-9-5-11-16-12-14)10-4-8-13-6-2-1-3-7-13/h1-3,6-7,14-17H,4-5,8-12H2. The van der Waals surface area contributed by atoms with Gasteiger partial charge in [0.2, 0.25) is 0 Å². The summed E-state index contributed by atoms with van der Waals surface area (Å²) < 4.78 is 0. The lowest BCUT2D eigenvalue weighted by atomic mass is 9.90. The van der Waals surface area contributed by atoms with Gasteiger partial charge in [0.1, 0.15) is 0 Å². The molecule has 1 heterocycles.